The molecule has 0 bridgehead atoms. The number of morpholine rings is 1. The number of carboxylic acid groups (broad SMARTS) is 1. The molecule has 2 aromatic heterocycles. The van der Waals surface area contributed by atoms with Crippen molar-refractivity contribution in [2.24, 2.45) is 0 Å². The van der Waals surface area contributed by atoms with Gasteiger partial charge >= 0.3 is 12.1 Å². The van der Waals surface area contributed by atoms with Crippen molar-refractivity contribution >= 4 is 28.6 Å². The number of benzene rings is 1. The molecule has 3 aromatic rings. The number of hydrogen-bond acceptors (Lipinski definition) is 7. The van der Waals surface area contributed by atoms with Crippen molar-refractivity contribution in [1.29, 1.82) is 0 Å². The van der Waals surface area contributed by atoms with Crippen LogP contribution in [0.1, 0.15) is 21.7 Å². The molecule has 0 atom stereocenters. The maximum Gasteiger partial charge on any atom is 0.490 e. The third kappa shape index (κ3) is 5.65. The molecule has 0 aliphatic carbocycles. The van der Waals surface area contributed by atoms with Crippen molar-refractivity contribution in [3.05, 3.63) is 59.7 Å². The number of aliphatic carboxylic acids is 1. The Morgan fingerprint density at radius 2 is 1.77 bits per heavy atom. The number of fused-ring (bicyclic) bond motifs is 2. The molecule has 1 amide bonds. The van der Waals surface area contributed by atoms with E-state index in [1.165, 1.54) is 0 Å². The zero-order valence-corrected chi connectivity index (χ0v) is 18.5. The van der Waals surface area contributed by atoms with E-state index in [4.69, 9.17) is 14.6 Å². The fourth-order valence-electron chi connectivity index (χ4n) is 3.87. The maximum atomic E-state index is 13.1. The van der Waals surface area contributed by atoms with E-state index in [9.17, 15) is 18.0 Å². The predicted octanol–water partition coefficient (Wildman–Crippen LogP) is 2.69. The molecule has 35 heavy (non-hydrogen) atoms. The number of amides is 1. The zero-order chi connectivity index (χ0) is 25.0. The molecule has 0 saturated carbocycles. The van der Waals surface area contributed by atoms with Crippen LogP contribution in [0.5, 0.6) is 0 Å². The molecule has 0 spiro atoms. The first-order valence-corrected chi connectivity index (χ1v) is 10.8. The lowest BCUT2D eigenvalue weighted by molar-refractivity contribution is -0.192. The molecule has 1 fully saturated rings. The van der Waals surface area contributed by atoms with Crippen molar-refractivity contribution in [3.63, 3.8) is 0 Å². The molecular formula is C23H22F3N5O4. The lowest BCUT2D eigenvalue weighted by Gasteiger charge is -2.30. The Balaban J connectivity index is 0.000000364. The monoisotopic (exact) mass is 489 g/mol. The molecule has 1 N–H and O–H groups in total. The smallest absolute Gasteiger partial charge is 0.475 e. The van der Waals surface area contributed by atoms with Crippen molar-refractivity contribution in [2.45, 2.75) is 19.1 Å². The summed E-state index contributed by atoms with van der Waals surface area (Å²) in [6, 6.07) is 9.77. The van der Waals surface area contributed by atoms with Crippen molar-refractivity contribution in [2.75, 3.05) is 37.7 Å². The highest BCUT2D eigenvalue weighted by Gasteiger charge is 2.38. The molecule has 184 valence electrons. The molecule has 1 saturated heterocycles. The number of rotatable bonds is 4. The molecule has 1 aromatic carbocycles. The Morgan fingerprint density at radius 3 is 2.46 bits per heavy atom. The van der Waals surface area contributed by atoms with E-state index < -0.39 is 12.1 Å². The highest BCUT2D eigenvalue weighted by atomic mass is 19.4. The van der Waals surface area contributed by atoms with Gasteiger partial charge in [0.05, 0.1) is 53.4 Å². The largest absolute Gasteiger partial charge is 0.490 e. The summed E-state index contributed by atoms with van der Waals surface area (Å²) in [7, 11) is 0. The van der Waals surface area contributed by atoms with E-state index in [0.29, 0.717) is 32.7 Å². The van der Waals surface area contributed by atoms with Crippen LogP contribution in [-0.2, 0) is 22.5 Å². The van der Waals surface area contributed by atoms with E-state index in [1.54, 1.807) is 12.4 Å². The second-order valence-corrected chi connectivity index (χ2v) is 7.88. The number of aromatic nitrogens is 3. The van der Waals surface area contributed by atoms with Gasteiger partial charge in [0, 0.05) is 38.4 Å². The quantitative estimate of drug-likeness (QED) is 0.596. The number of alkyl halides is 3. The second kappa shape index (κ2) is 10.2. The van der Waals surface area contributed by atoms with E-state index in [-0.39, 0.29) is 5.91 Å². The summed E-state index contributed by atoms with van der Waals surface area (Å²) in [6.45, 7) is 4.14. The summed E-state index contributed by atoms with van der Waals surface area (Å²) in [6.07, 6.45) is -0.812. The van der Waals surface area contributed by atoms with Crippen LogP contribution in [-0.4, -0.2) is 75.9 Å². The van der Waals surface area contributed by atoms with E-state index in [1.807, 2.05) is 35.2 Å². The molecule has 5 rings (SSSR count). The number of ether oxygens (including phenoxy) is 1. The average molecular weight is 489 g/mol. The van der Waals surface area contributed by atoms with E-state index in [0.717, 1.165) is 46.8 Å². The van der Waals surface area contributed by atoms with Crippen molar-refractivity contribution in [3.8, 4) is 0 Å². The van der Waals surface area contributed by atoms with Crippen LogP contribution in [0, 0.1) is 0 Å². The molecular weight excluding hydrogens is 467 g/mol. The number of anilines is 1. The Hall–Kier alpha value is -3.80. The van der Waals surface area contributed by atoms with Gasteiger partial charge in [0.2, 0.25) is 0 Å². The summed E-state index contributed by atoms with van der Waals surface area (Å²) in [5.41, 5.74) is 5.24. The van der Waals surface area contributed by atoms with Gasteiger partial charge in [0.25, 0.3) is 5.91 Å². The summed E-state index contributed by atoms with van der Waals surface area (Å²) < 4.78 is 37.2. The number of halogens is 3. The number of carboxylic acids is 1. The zero-order valence-electron chi connectivity index (χ0n) is 18.5. The fourth-order valence-corrected chi connectivity index (χ4v) is 3.87. The van der Waals surface area contributed by atoms with Crippen molar-refractivity contribution in [1.82, 2.24) is 19.9 Å². The number of para-hydroxylation sites is 2. The topological polar surface area (TPSA) is 109 Å². The first kappa shape index (κ1) is 24.3. The Kier molecular flexibility index (Phi) is 7.10. The minimum absolute atomic E-state index is 0.0540. The number of carbonyl (C=O) groups is 2. The molecule has 0 unspecified atom stereocenters. The Labute approximate surface area is 198 Å². The lowest BCUT2D eigenvalue weighted by atomic mass is 10.1. The summed E-state index contributed by atoms with van der Waals surface area (Å²) >= 11 is 0. The minimum Gasteiger partial charge on any atom is -0.475 e. The van der Waals surface area contributed by atoms with Gasteiger partial charge in [0.15, 0.2) is 0 Å². The summed E-state index contributed by atoms with van der Waals surface area (Å²) in [5, 5.41) is 7.12. The molecule has 9 nitrogen and oxygen atoms in total. The van der Waals surface area contributed by atoms with Crippen LogP contribution in [0.2, 0.25) is 0 Å². The third-order valence-corrected chi connectivity index (χ3v) is 5.58. The van der Waals surface area contributed by atoms with Crippen LogP contribution in [0.25, 0.3) is 11.0 Å². The van der Waals surface area contributed by atoms with Crippen LogP contribution in [0.4, 0.5) is 18.9 Å². The number of carbonyl (C=O) groups excluding carboxylic acids is 1. The minimum atomic E-state index is -5.08. The molecule has 4 heterocycles. The maximum absolute atomic E-state index is 13.1. The molecule has 2 aliphatic heterocycles. The fraction of sp³-hybridized carbons (Fsp3) is 0.348. The van der Waals surface area contributed by atoms with Crippen LogP contribution in [0.15, 0.2) is 42.7 Å². The van der Waals surface area contributed by atoms with Crippen LogP contribution < -0.4 is 4.90 Å². The van der Waals surface area contributed by atoms with Gasteiger partial charge in [-0.2, -0.15) is 13.2 Å². The van der Waals surface area contributed by atoms with Crippen molar-refractivity contribution < 1.29 is 32.6 Å². The van der Waals surface area contributed by atoms with Gasteiger partial charge in [-0.15, -0.1) is 0 Å². The third-order valence-electron chi connectivity index (χ3n) is 5.58. The Bertz CT molecular complexity index is 1230. The summed E-state index contributed by atoms with van der Waals surface area (Å²) in [4.78, 5) is 39.7. The average Bonchev–Trinajstić information content (AvgIpc) is 3.18. The van der Waals surface area contributed by atoms with Gasteiger partial charge in [-0.05, 0) is 18.2 Å². The highest BCUT2D eigenvalue weighted by molar-refractivity contribution is 6.03. The lowest BCUT2D eigenvalue weighted by Crippen LogP contribution is -2.37. The Morgan fingerprint density at radius 1 is 1.09 bits per heavy atom. The standard InChI is InChI=1S/C21H21N5O2.C2HF3O2/c27-21-20-18(22-7-5-19(20)25-9-11-28-12-10-25)14-26(21)8-6-15-13-23-16-3-1-2-4-17(16)24-15;3-2(4,5)1(6)7/h1-5,7,13H,6,8-12,14H2;(H,6,7). The highest BCUT2D eigenvalue weighted by Crippen LogP contribution is 2.30. The first-order chi connectivity index (χ1) is 16.7. The van der Waals surface area contributed by atoms with E-state index >= 15 is 0 Å². The SMILES string of the molecule is O=C(O)C(F)(F)F.O=C1c2c(N3CCOCC3)ccnc2CN1CCc1cnc2ccccc2n1. The second-order valence-electron chi connectivity index (χ2n) is 7.88. The summed E-state index contributed by atoms with van der Waals surface area (Å²) in [5.74, 6) is -2.70. The number of hydrogen-bond donors (Lipinski definition) is 1. The van der Waals surface area contributed by atoms with Gasteiger partial charge in [-0.3, -0.25) is 14.8 Å². The normalized spacial score (nSPS) is 15.6. The first-order valence-electron chi connectivity index (χ1n) is 10.8. The van der Waals surface area contributed by atoms with Crippen LogP contribution >= 0.6 is 0 Å². The molecule has 0 radical (unpaired) electrons. The van der Waals surface area contributed by atoms with E-state index in [2.05, 4.69) is 19.9 Å². The van der Waals surface area contributed by atoms with Gasteiger partial charge < -0.3 is 19.6 Å². The van der Waals surface area contributed by atoms with Gasteiger partial charge in [-0.1, -0.05) is 12.1 Å². The van der Waals surface area contributed by atoms with Gasteiger partial charge in [0.1, 0.15) is 0 Å². The molecule has 2 aliphatic rings. The molecule has 12 heteroatoms. The van der Waals surface area contributed by atoms with Crippen LogP contribution in [0.3, 0.4) is 0 Å². The predicted molar refractivity (Wildman–Crippen MR) is 119 cm³/mol. The number of nitrogens with zero attached hydrogens (tertiary/aromatic N) is 5. The number of pyridine rings is 1. The van der Waals surface area contributed by atoms with Gasteiger partial charge in [-0.25, -0.2) is 9.78 Å².